The van der Waals surface area contributed by atoms with Crippen molar-refractivity contribution in [3.8, 4) is 11.5 Å². The second-order valence-corrected chi connectivity index (χ2v) is 18.7. The minimum absolute atomic E-state index is 0.0470. The molecule has 15 nitrogen and oxygen atoms in total. The van der Waals surface area contributed by atoms with Crippen molar-refractivity contribution in [3.63, 3.8) is 0 Å². The molecule has 1 aromatic heterocycles. The first-order valence-electron chi connectivity index (χ1n) is 20.6. The summed E-state index contributed by atoms with van der Waals surface area (Å²) in [4.78, 5) is 65.2. The van der Waals surface area contributed by atoms with E-state index in [0.717, 1.165) is 61.5 Å². The number of benzene rings is 1. The lowest BCUT2D eigenvalue weighted by atomic mass is 9.96. The van der Waals surface area contributed by atoms with Crippen LogP contribution in [0.15, 0.2) is 36.9 Å². The van der Waals surface area contributed by atoms with Gasteiger partial charge in [0, 0.05) is 43.3 Å². The Morgan fingerprint density at radius 3 is 2.61 bits per heavy atom. The summed E-state index contributed by atoms with van der Waals surface area (Å²) in [5.41, 5.74) is 0.00380. The number of hydrogen-bond acceptors (Lipinski definition) is 10. The number of ether oxygens (including phenoxy) is 3. The maximum atomic E-state index is 14.9. The van der Waals surface area contributed by atoms with E-state index in [1.54, 1.807) is 12.0 Å². The van der Waals surface area contributed by atoms with Gasteiger partial charge in [0.15, 0.2) is 0 Å². The number of aryl methyl sites for hydroxylation is 1. The summed E-state index contributed by atoms with van der Waals surface area (Å²) >= 11 is 0. The second kappa shape index (κ2) is 16.1. The number of carbonyl (C=O) groups is 4. The smallest absolute Gasteiger partial charge is 0.318 e. The summed E-state index contributed by atoms with van der Waals surface area (Å²) in [5, 5.41) is 6.15. The van der Waals surface area contributed by atoms with Gasteiger partial charge in [-0.2, -0.15) is 0 Å². The van der Waals surface area contributed by atoms with Gasteiger partial charge >= 0.3 is 6.03 Å². The van der Waals surface area contributed by atoms with Crippen LogP contribution >= 0.6 is 0 Å². The van der Waals surface area contributed by atoms with Crippen LogP contribution in [0.5, 0.6) is 11.5 Å². The maximum absolute atomic E-state index is 14.9. The molecule has 3 aliphatic heterocycles. The van der Waals surface area contributed by atoms with Crippen molar-refractivity contribution in [3.05, 3.63) is 42.6 Å². The zero-order valence-electron chi connectivity index (χ0n) is 32.6. The second-order valence-electron chi connectivity index (χ2n) is 16.8. The highest BCUT2D eigenvalue weighted by molar-refractivity contribution is 7.91. The molecule has 0 radical (unpaired) electrons. The zero-order valence-corrected chi connectivity index (χ0v) is 33.4. The molecule has 0 spiro atoms. The van der Waals surface area contributed by atoms with Crippen LogP contribution in [0.25, 0.3) is 10.9 Å². The SMILES string of the molecule is C=C[C@@H]1C[C@]1(NC(=O)[C@@H]1C[C@@H]2CN1C(=O)[C@H](C1CCCC1)NC(=O)N1CC[C@H](COCCCCc3nc4ccc(OC)cc4cc3O2)C1)C(=O)NS(=O)(=O)C1CC1. The Bertz CT molecular complexity index is 2020. The predicted octanol–water partition coefficient (Wildman–Crippen LogP) is 3.20. The van der Waals surface area contributed by atoms with Crippen LogP contribution in [0.4, 0.5) is 4.79 Å². The number of urea groups is 1. The van der Waals surface area contributed by atoms with E-state index in [2.05, 4.69) is 21.9 Å². The molecule has 2 aromatic rings. The normalized spacial score (nSPS) is 30.0. The molecule has 1 aromatic carbocycles. The lowest BCUT2D eigenvalue weighted by Crippen LogP contribution is -2.59. The highest BCUT2D eigenvalue weighted by atomic mass is 32.2. The van der Waals surface area contributed by atoms with Crippen LogP contribution in [-0.2, 0) is 35.6 Å². The average molecular weight is 807 g/mol. The maximum Gasteiger partial charge on any atom is 0.318 e. The Labute approximate surface area is 333 Å². The van der Waals surface area contributed by atoms with Crippen molar-refractivity contribution >= 4 is 44.7 Å². The molecule has 4 bridgehead atoms. The van der Waals surface area contributed by atoms with Crippen LogP contribution in [0.2, 0.25) is 0 Å². The molecular formula is C41H54N6O9S. The van der Waals surface area contributed by atoms with Gasteiger partial charge in [-0.3, -0.25) is 19.1 Å². The standard InChI is InChI=1S/C41H54N6O9S/c1-3-28-21-41(28,39(50)45-57(52,53)31-12-13-31)44-37(48)34-20-30-23-47(34)38(49)36(26-8-4-5-9-26)43-40(51)46-16-15-25(22-46)24-55-17-7-6-10-33-35(56-30)19-27-18-29(54-2)11-14-32(27)42-33/h3,11,14,18-19,25-26,28,30-31,34,36H,1,4-10,12-13,15-17,20-24H2,2H3,(H,43,51)(H,44,48)(H,45,50)/t25-,28+,30+,34-,36-,41+/m0/s1. The highest BCUT2D eigenvalue weighted by Crippen LogP contribution is 2.46. The number of methoxy groups -OCH3 is 1. The monoisotopic (exact) mass is 806 g/mol. The predicted molar refractivity (Wildman–Crippen MR) is 210 cm³/mol. The molecule has 4 heterocycles. The van der Waals surface area contributed by atoms with Crippen LogP contribution in [-0.4, -0.2) is 116 Å². The Morgan fingerprint density at radius 2 is 1.88 bits per heavy atom. The summed E-state index contributed by atoms with van der Waals surface area (Å²) in [5.74, 6) is -1.01. The number of nitrogens with one attached hydrogen (secondary N) is 3. The average Bonchev–Trinajstić information content (AvgIpc) is 3.97. The molecule has 6 atom stereocenters. The zero-order chi connectivity index (χ0) is 39.9. The number of carbonyl (C=O) groups excluding carboxylic acids is 4. The minimum atomic E-state index is -3.89. The van der Waals surface area contributed by atoms with Crippen molar-refractivity contribution in [1.29, 1.82) is 0 Å². The molecule has 3 N–H and O–H groups in total. The topological polar surface area (TPSA) is 186 Å². The van der Waals surface area contributed by atoms with E-state index in [9.17, 15) is 27.6 Å². The van der Waals surface area contributed by atoms with Gasteiger partial charge in [0.1, 0.15) is 35.2 Å². The number of amides is 5. The molecule has 5 amide bonds. The quantitative estimate of drug-likeness (QED) is 0.335. The molecule has 3 saturated carbocycles. The van der Waals surface area contributed by atoms with Gasteiger partial charge in [0.25, 0.3) is 5.91 Å². The van der Waals surface area contributed by atoms with Gasteiger partial charge in [-0.1, -0.05) is 18.9 Å². The number of sulfonamides is 1. The third-order valence-electron chi connectivity index (χ3n) is 12.7. The molecule has 2 saturated heterocycles. The third kappa shape index (κ3) is 8.30. The first-order chi connectivity index (χ1) is 27.5. The Hall–Kier alpha value is -4.44. The van der Waals surface area contributed by atoms with Crippen molar-refractivity contribution < 1.29 is 41.8 Å². The third-order valence-corrected chi connectivity index (χ3v) is 14.6. The highest BCUT2D eigenvalue weighted by Gasteiger charge is 2.62. The van der Waals surface area contributed by atoms with Crippen LogP contribution < -0.4 is 24.8 Å². The fourth-order valence-electron chi connectivity index (χ4n) is 9.13. The Morgan fingerprint density at radius 1 is 1.07 bits per heavy atom. The first kappa shape index (κ1) is 39.4. The lowest BCUT2D eigenvalue weighted by Gasteiger charge is -2.33. The van der Waals surface area contributed by atoms with Crippen molar-refractivity contribution in [1.82, 2.24) is 30.1 Å². The molecule has 8 rings (SSSR count). The molecule has 57 heavy (non-hydrogen) atoms. The van der Waals surface area contributed by atoms with Crippen molar-refractivity contribution in [2.45, 2.75) is 106 Å². The Kier molecular flexibility index (Phi) is 11.1. The molecule has 16 heteroatoms. The molecule has 3 aliphatic carbocycles. The van der Waals surface area contributed by atoms with E-state index < -0.39 is 56.7 Å². The largest absolute Gasteiger partial charge is 0.497 e. The van der Waals surface area contributed by atoms with E-state index in [1.165, 1.54) is 11.0 Å². The number of aromatic nitrogens is 1. The molecule has 308 valence electrons. The van der Waals surface area contributed by atoms with Gasteiger partial charge in [-0.15, -0.1) is 6.58 Å². The molecule has 5 fully saturated rings. The number of pyridine rings is 1. The van der Waals surface area contributed by atoms with E-state index in [0.29, 0.717) is 57.1 Å². The summed E-state index contributed by atoms with van der Waals surface area (Å²) in [6, 6.07) is 5.31. The van der Waals surface area contributed by atoms with E-state index >= 15 is 0 Å². The number of nitrogens with zero attached hydrogens (tertiary/aromatic N) is 3. The molecule has 0 unspecified atom stereocenters. The van der Waals surface area contributed by atoms with Crippen LogP contribution in [0, 0.1) is 17.8 Å². The van der Waals surface area contributed by atoms with Gasteiger partial charge in [0.2, 0.25) is 21.8 Å². The van der Waals surface area contributed by atoms with E-state index in [1.807, 2.05) is 24.3 Å². The summed E-state index contributed by atoms with van der Waals surface area (Å²) in [7, 11) is -2.29. The van der Waals surface area contributed by atoms with Crippen LogP contribution in [0.3, 0.4) is 0 Å². The summed E-state index contributed by atoms with van der Waals surface area (Å²) in [6.07, 6.45) is 8.49. The molecular weight excluding hydrogens is 753 g/mol. The van der Waals surface area contributed by atoms with E-state index in [-0.39, 0.29) is 43.2 Å². The number of hydrogen-bond donors (Lipinski definition) is 3. The van der Waals surface area contributed by atoms with Gasteiger partial charge < -0.3 is 34.6 Å². The fourth-order valence-corrected chi connectivity index (χ4v) is 10.5. The Balaban J connectivity index is 1.12. The number of rotatable bonds is 8. The van der Waals surface area contributed by atoms with Gasteiger partial charge in [-0.25, -0.2) is 18.2 Å². The summed E-state index contributed by atoms with van der Waals surface area (Å²) in [6.45, 7) is 6.08. The van der Waals surface area contributed by atoms with Gasteiger partial charge in [0.05, 0.1) is 36.7 Å². The number of fused-ring (bicyclic) bond motifs is 6. The fraction of sp³-hybridized carbons (Fsp3) is 0.634. The van der Waals surface area contributed by atoms with Gasteiger partial charge in [-0.05, 0) is 88.0 Å². The molecule has 6 aliphatic rings. The summed E-state index contributed by atoms with van der Waals surface area (Å²) < 4.78 is 46.1. The lowest BCUT2D eigenvalue weighted by molar-refractivity contribution is -0.142. The first-order valence-corrected chi connectivity index (χ1v) is 22.1. The minimum Gasteiger partial charge on any atom is -0.497 e. The van der Waals surface area contributed by atoms with Crippen LogP contribution in [0.1, 0.15) is 76.3 Å². The van der Waals surface area contributed by atoms with E-state index in [4.69, 9.17) is 19.2 Å². The van der Waals surface area contributed by atoms with Crippen molar-refractivity contribution in [2.24, 2.45) is 17.8 Å². The van der Waals surface area contributed by atoms with Crippen molar-refractivity contribution in [2.75, 3.05) is 40.0 Å².